The smallest absolute Gasteiger partial charge is 0.0352 e. The van der Waals surface area contributed by atoms with Crippen LogP contribution >= 0.6 is 0 Å². The van der Waals surface area contributed by atoms with E-state index < -0.39 is 0 Å². The molecule has 0 saturated carbocycles. The third-order valence-corrected chi connectivity index (χ3v) is 8.41. The quantitative estimate of drug-likeness (QED) is 0.166. The van der Waals surface area contributed by atoms with Crippen molar-refractivity contribution in [1.82, 2.24) is 15.0 Å². The fourth-order valence-electron chi connectivity index (χ4n) is 5.85. The molecule has 0 aliphatic heterocycles. The fourth-order valence-corrected chi connectivity index (χ4v) is 5.85. The van der Waals surface area contributed by atoms with Crippen LogP contribution < -0.4 is 0 Å². The Labute approximate surface area is 298 Å². The minimum Gasteiger partial charge on any atom is -0.305 e. The van der Waals surface area contributed by atoms with Crippen molar-refractivity contribution in [3.63, 3.8) is 0 Å². The van der Waals surface area contributed by atoms with Crippen molar-refractivity contribution in [3.05, 3.63) is 162 Å². The van der Waals surface area contributed by atoms with Crippen LogP contribution in [-0.2, 0) is 25.5 Å². The maximum Gasteiger partial charge on any atom is 0.0352 e. The summed E-state index contributed by atoms with van der Waals surface area (Å²) in [7, 11) is 0. The first-order chi connectivity index (χ1) is 22.7. The molecular formula is C44H39IrN3-2. The van der Waals surface area contributed by atoms with Gasteiger partial charge in [0.1, 0.15) is 0 Å². The van der Waals surface area contributed by atoms with Gasteiger partial charge in [-0.1, -0.05) is 74.4 Å². The molecule has 1 radical (unpaired) electrons. The van der Waals surface area contributed by atoms with Crippen LogP contribution in [0.15, 0.2) is 128 Å². The third-order valence-electron chi connectivity index (χ3n) is 8.41. The van der Waals surface area contributed by atoms with Gasteiger partial charge in [0.05, 0.1) is 0 Å². The molecule has 0 bridgehead atoms. The maximum atomic E-state index is 4.65. The summed E-state index contributed by atoms with van der Waals surface area (Å²) >= 11 is 0. The van der Waals surface area contributed by atoms with Crippen LogP contribution in [0, 0.1) is 32.9 Å². The number of aromatic nitrogens is 3. The molecule has 0 amide bonds. The molecule has 0 saturated heterocycles. The van der Waals surface area contributed by atoms with Crippen molar-refractivity contribution in [2.24, 2.45) is 0 Å². The minimum atomic E-state index is 0. The summed E-state index contributed by atoms with van der Waals surface area (Å²) in [5.74, 6) is 0. The predicted molar refractivity (Wildman–Crippen MR) is 196 cm³/mol. The monoisotopic (exact) mass is 802 g/mol. The Kier molecular flexibility index (Phi) is 10.8. The van der Waals surface area contributed by atoms with Gasteiger partial charge in [-0.2, -0.15) is 0 Å². The molecule has 4 heteroatoms. The number of benzene rings is 4. The zero-order valence-corrected chi connectivity index (χ0v) is 30.7. The number of nitrogens with zero attached hydrogens (tertiary/aromatic N) is 3. The summed E-state index contributed by atoms with van der Waals surface area (Å²) < 4.78 is 0. The van der Waals surface area contributed by atoms with E-state index in [4.69, 9.17) is 0 Å². The summed E-state index contributed by atoms with van der Waals surface area (Å²) in [6.45, 7) is 13.1. The molecule has 3 nitrogen and oxygen atoms in total. The molecule has 4 aromatic carbocycles. The van der Waals surface area contributed by atoms with Crippen LogP contribution in [-0.4, -0.2) is 15.0 Å². The van der Waals surface area contributed by atoms with Crippen LogP contribution in [0.4, 0.5) is 0 Å². The topological polar surface area (TPSA) is 38.7 Å². The summed E-state index contributed by atoms with van der Waals surface area (Å²) in [5, 5.41) is 2.36. The predicted octanol–water partition coefficient (Wildman–Crippen LogP) is 11.2. The van der Waals surface area contributed by atoms with E-state index in [1.165, 1.54) is 44.3 Å². The number of hydrogen-bond acceptors (Lipinski definition) is 3. The van der Waals surface area contributed by atoms with Crippen molar-refractivity contribution in [3.8, 4) is 44.8 Å². The normalized spacial score (nSPS) is 11.0. The summed E-state index contributed by atoms with van der Waals surface area (Å²) in [5.41, 5.74) is 13.9. The zero-order chi connectivity index (χ0) is 33.0. The Morgan fingerprint density at radius 3 is 2.00 bits per heavy atom. The van der Waals surface area contributed by atoms with Gasteiger partial charge in [0, 0.05) is 50.3 Å². The van der Waals surface area contributed by atoms with E-state index >= 15 is 0 Å². The summed E-state index contributed by atoms with van der Waals surface area (Å²) in [6, 6.07) is 42.3. The van der Waals surface area contributed by atoms with Crippen LogP contribution in [0.1, 0.15) is 43.0 Å². The van der Waals surface area contributed by atoms with Crippen molar-refractivity contribution >= 4 is 10.8 Å². The molecule has 3 aromatic heterocycles. The number of aryl methyl sites for hydroxylation is 3. The molecule has 0 N–H and O–H groups in total. The van der Waals surface area contributed by atoms with E-state index in [-0.39, 0.29) is 25.5 Å². The van der Waals surface area contributed by atoms with E-state index in [1.807, 2.05) is 61.2 Å². The number of rotatable bonds is 4. The molecule has 0 aliphatic carbocycles. The SMILES string of the molecule is Cc1ccc(-c2ccc(-c3cc[c-]c(-c4cc(C(C)(C)C)ccn4)c3)c3ccncc23)c(C)c1.Cc1ccnc(-c2[c-]cccc2)c1.[Ir]. The van der Waals surface area contributed by atoms with Gasteiger partial charge in [-0.3, -0.25) is 4.98 Å². The van der Waals surface area contributed by atoms with E-state index in [1.54, 1.807) is 0 Å². The first kappa shape index (κ1) is 34.6. The van der Waals surface area contributed by atoms with Crippen molar-refractivity contribution < 1.29 is 20.1 Å². The Hall–Kier alpha value is -4.76. The standard InChI is InChI=1S/C32H29N2.C12H10N.Ir/c1-21-9-10-26(22(2)17-21)28-12-11-27(29-14-15-33-20-30(28)29)23-7-6-8-24(18-23)31-19-25(13-16-34-31)32(3,4)5;1-10-7-8-13-12(9-10)11-5-3-2-4-6-11;/h6-7,9-20H,1-5H3;2-5,7-9H,1H3;/q2*-1;. The van der Waals surface area contributed by atoms with Crippen LogP contribution in [0.2, 0.25) is 0 Å². The largest absolute Gasteiger partial charge is 0.305 e. The van der Waals surface area contributed by atoms with Crippen molar-refractivity contribution in [2.45, 2.75) is 47.0 Å². The number of fused-ring (bicyclic) bond motifs is 1. The first-order valence-corrected chi connectivity index (χ1v) is 16.0. The number of pyridine rings is 3. The van der Waals surface area contributed by atoms with Crippen LogP contribution in [0.25, 0.3) is 55.5 Å². The molecule has 48 heavy (non-hydrogen) atoms. The maximum absolute atomic E-state index is 4.65. The van der Waals surface area contributed by atoms with Crippen molar-refractivity contribution in [1.29, 1.82) is 0 Å². The van der Waals surface area contributed by atoms with Gasteiger partial charge in [-0.05, 0) is 89.0 Å². The Balaban J connectivity index is 0.000000270. The molecular weight excluding hydrogens is 763 g/mol. The fraction of sp³-hybridized carbons (Fsp3) is 0.159. The Morgan fingerprint density at radius 2 is 1.27 bits per heavy atom. The van der Waals surface area contributed by atoms with Gasteiger partial charge in [-0.15, -0.1) is 71.3 Å². The molecule has 0 aliphatic rings. The Morgan fingerprint density at radius 1 is 0.562 bits per heavy atom. The molecule has 0 fully saturated rings. The van der Waals surface area contributed by atoms with E-state index in [2.05, 4.69) is 135 Å². The molecule has 0 spiro atoms. The zero-order valence-electron chi connectivity index (χ0n) is 28.3. The second kappa shape index (κ2) is 15.0. The summed E-state index contributed by atoms with van der Waals surface area (Å²) in [6.07, 6.45) is 7.58. The molecule has 3 heterocycles. The summed E-state index contributed by atoms with van der Waals surface area (Å²) in [4.78, 5) is 13.4. The van der Waals surface area contributed by atoms with E-state index in [9.17, 15) is 0 Å². The van der Waals surface area contributed by atoms with E-state index in [0.29, 0.717) is 0 Å². The van der Waals surface area contributed by atoms with E-state index in [0.717, 1.165) is 33.5 Å². The number of hydrogen-bond donors (Lipinski definition) is 0. The molecule has 0 unspecified atom stereocenters. The minimum absolute atomic E-state index is 0. The van der Waals surface area contributed by atoms with Crippen LogP contribution in [0.3, 0.4) is 0 Å². The second-order valence-electron chi connectivity index (χ2n) is 13.1. The van der Waals surface area contributed by atoms with Crippen LogP contribution in [0.5, 0.6) is 0 Å². The molecule has 7 aromatic rings. The van der Waals surface area contributed by atoms with Gasteiger partial charge in [-0.25, -0.2) is 0 Å². The average molecular weight is 802 g/mol. The van der Waals surface area contributed by atoms with Gasteiger partial charge in [0.25, 0.3) is 0 Å². The van der Waals surface area contributed by atoms with Gasteiger partial charge < -0.3 is 9.97 Å². The molecule has 0 atom stereocenters. The van der Waals surface area contributed by atoms with Gasteiger partial charge in [0.2, 0.25) is 0 Å². The van der Waals surface area contributed by atoms with Gasteiger partial charge in [0.15, 0.2) is 0 Å². The van der Waals surface area contributed by atoms with Gasteiger partial charge >= 0.3 is 0 Å². The average Bonchev–Trinajstić information content (AvgIpc) is 3.08. The molecule has 241 valence electrons. The van der Waals surface area contributed by atoms with Crippen molar-refractivity contribution in [2.75, 3.05) is 0 Å². The molecule has 7 rings (SSSR count). The second-order valence-corrected chi connectivity index (χ2v) is 13.1. The third kappa shape index (κ3) is 7.85. The first-order valence-electron chi connectivity index (χ1n) is 16.0. The Bertz CT molecular complexity index is 2160.